The highest BCUT2D eigenvalue weighted by atomic mass is 16.5. The molecule has 5 nitrogen and oxygen atoms in total. The van der Waals surface area contributed by atoms with Gasteiger partial charge in [-0.05, 0) is 37.1 Å². The molecule has 5 heteroatoms. The maximum Gasteiger partial charge on any atom is 0.341 e. The number of aliphatic hydroxyl groups excluding tert-OH is 1. The van der Waals surface area contributed by atoms with Gasteiger partial charge in [-0.15, -0.1) is 0 Å². The highest BCUT2D eigenvalue weighted by Crippen LogP contribution is 2.33. The first-order chi connectivity index (χ1) is 11.3. The summed E-state index contributed by atoms with van der Waals surface area (Å²) in [7, 11) is 1.36. The second-order valence-corrected chi connectivity index (χ2v) is 6.27. The Hall–Kier alpha value is -1.59. The van der Waals surface area contributed by atoms with Crippen molar-refractivity contribution >= 4 is 5.97 Å². The van der Waals surface area contributed by atoms with Gasteiger partial charge in [0, 0.05) is 6.54 Å². The van der Waals surface area contributed by atoms with E-state index in [0.717, 1.165) is 24.2 Å². The lowest BCUT2D eigenvalue weighted by Crippen LogP contribution is -2.35. The van der Waals surface area contributed by atoms with Crippen molar-refractivity contribution in [2.75, 3.05) is 33.4 Å². The predicted molar refractivity (Wildman–Crippen MR) is 95.9 cm³/mol. The molecule has 1 aromatic rings. The van der Waals surface area contributed by atoms with Gasteiger partial charge in [0.1, 0.15) is 24.0 Å². The normalized spacial score (nSPS) is 12.5. The average molecular weight is 337 g/mol. The van der Waals surface area contributed by atoms with E-state index in [1.807, 2.05) is 32.9 Å². The molecule has 0 heterocycles. The van der Waals surface area contributed by atoms with E-state index in [2.05, 4.69) is 18.7 Å². The Morgan fingerprint density at radius 2 is 1.88 bits per heavy atom. The summed E-state index contributed by atoms with van der Waals surface area (Å²) in [6.45, 7) is 12.5. The van der Waals surface area contributed by atoms with E-state index in [1.54, 1.807) is 0 Å². The van der Waals surface area contributed by atoms with Crippen molar-refractivity contribution in [3.05, 3.63) is 28.8 Å². The molecule has 0 saturated heterocycles. The summed E-state index contributed by atoms with van der Waals surface area (Å²) < 4.78 is 10.8. The van der Waals surface area contributed by atoms with E-state index in [9.17, 15) is 9.90 Å². The van der Waals surface area contributed by atoms with Crippen LogP contribution in [0.4, 0.5) is 0 Å². The van der Waals surface area contributed by atoms with Gasteiger partial charge in [-0.2, -0.15) is 0 Å². The molecule has 0 amide bonds. The van der Waals surface area contributed by atoms with E-state index in [-0.39, 0.29) is 12.5 Å². The van der Waals surface area contributed by atoms with Crippen LogP contribution in [0.15, 0.2) is 12.1 Å². The Morgan fingerprint density at radius 3 is 2.38 bits per heavy atom. The minimum Gasteiger partial charge on any atom is -0.490 e. The maximum absolute atomic E-state index is 12.2. The number of likely N-dealkylation sites (N-methyl/N-ethyl adjacent to an activating group) is 1. The number of carbonyl (C=O) groups excluding carboxylic acids is 1. The fraction of sp³-hybridized carbons (Fsp3) is 0.632. The third-order valence-corrected chi connectivity index (χ3v) is 4.19. The average Bonchev–Trinajstić information content (AvgIpc) is 2.56. The molecule has 1 aromatic carbocycles. The highest BCUT2D eigenvalue weighted by molar-refractivity contribution is 5.94. The Bertz CT molecular complexity index is 538. The molecular weight excluding hydrogens is 306 g/mol. The lowest BCUT2D eigenvalue weighted by Gasteiger charge is -2.24. The second-order valence-electron chi connectivity index (χ2n) is 6.27. The zero-order valence-corrected chi connectivity index (χ0v) is 15.8. The molecule has 1 atom stereocenters. The van der Waals surface area contributed by atoms with Crippen molar-refractivity contribution < 1.29 is 19.4 Å². The molecule has 24 heavy (non-hydrogen) atoms. The Balaban J connectivity index is 3.03. The van der Waals surface area contributed by atoms with Gasteiger partial charge in [-0.25, -0.2) is 4.79 Å². The SMILES string of the molecule is CCN(CC)CC(O)COc1c(C(C)C)ccc(C)c1C(=O)OC. The zero-order chi connectivity index (χ0) is 18.3. The maximum atomic E-state index is 12.2. The standard InChI is InChI=1S/C19H31NO4/c1-7-20(8-2)11-15(21)12-24-18-16(13(3)4)10-9-14(5)17(18)19(22)23-6/h9-10,13,15,21H,7-8,11-12H2,1-6H3. The number of rotatable bonds is 9. The molecule has 1 rings (SSSR count). The van der Waals surface area contributed by atoms with E-state index >= 15 is 0 Å². The smallest absolute Gasteiger partial charge is 0.341 e. The lowest BCUT2D eigenvalue weighted by atomic mass is 9.96. The zero-order valence-electron chi connectivity index (χ0n) is 15.8. The number of ether oxygens (including phenoxy) is 2. The number of esters is 1. The number of hydrogen-bond donors (Lipinski definition) is 1. The minimum absolute atomic E-state index is 0.143. The number of nitrogens with zero attached hydrogens (tertiary/aromatic N) is 1. The van der Waals surface area contributed by atoms with Crippen molar-refractivity contribution in [1.82, 2.24) is 4.90 Å². The summed E-state index contributed by atoms with van der Waals surface area (Å²) in [6, 6.07) is 3.87. The number of hydrogen-bond acceptors (Lipinski definition) is 5. The molecule has 0 aliphatic rings. The van der Waals surface area contributed by atoms with Gasteiger partial charge in [0.2, 0.25) is 0 Å². The molecule has 0 fully saturated rings. The number of carbonyl (C=O) groups is 1. The van der Waals surface area contributed by atoms with Crippen molar-refractivity contribution in [1.29, 1.82) is 0 Å². The molecule has 136 valence electrons. The molecule has 0 bridgehead atoms. The van der Waals surface area contributed by atoms with Crippen LogP contribution in [-0.4, -0.2) is 55.4 Å². The largest absolute Gasteiger partial charge is 0.490 e. The summed E-state index contributed by atoms with van der Waals surface area (Å²) in [5.41, 5.74) is 2.19. The number of aliphatic hydroxyl groups is 1. The Kier molecular flexibility index (Phi) is 8.22. The molecule has 0 aromatic heterocycles. The first-order valence-corrected chi connectivity index (χ1v) is 8.60. The third kappa shape index (κ3) is 5.21. The predicted octanol–water partition coefficient (Wildman–Crippen LogP) is 2.99. The van der Waals surface area contributed by atoms with E-state index in [0.29, 0.717) is 17.9 Å². The van der Waals surface area contributed by atoms with Gasteiger partial charge >= 0.3 is 5.97 Å². The molecule has 1 unspecified atom stereocenters. The van der Waals surface area contributed by atoms with Gasteiger partial charge < -0.3 is 19.5 Å². The quantitative estimate of drug-likeness (QED) is 0.702. The summed E-state index contributed by atoms with van der Waals surface area (Å²) >= 11 is 0. The molecule has 0 saturated carbocycles. The van der Waals surface area contributed by atoms with Crippen molar-refractivity contribution in [3.63, 3.8) is 0 Å². The van der Waals surface area contributed by atoms with Crippen LogP contribution in [0.3, 0.4) is 0 Å². The summed E-state index contributed by atoms with van der Waals surface area (Å²) in [5, 5.41) is 10.2. The van der Waals surface area contributed by atoms with Crippen LogP contribution in [-0.2, 0) is 4.74 Å². The fourth-order valence-corrected chi connectivity index (χ4v) is 2.68. The number of methoxy groups -OCH3 is 1. The number of benzene rings is 1. The van der Waals surface area contributed by atoms with Crippen LogP contribution in [0.1, 0.15) is 55.1 Å². The summed E-state index contributed by atoms with van der Waals surface area (Å²) in [6.07, 6.45) is -0.615. The third-order valence-electron chi connectivity index (χ3n) is 4.19. The molecular formula is C19H31NO4. The van der Waals surface area contributed by atoms with E-state index < -0.39 is 12.1 Å². The first-order valence-electron chi connectivity index (χ1n) is 8.60. The monoisotopic (exact) mass is 337 g/mol. The van der Waals surface area contributed by atoms with Gasteiger partial charge in [0.05, 0.1) is 7.11 Å². The molecule has 1 N–H and O–H groups in total. The number of aryl methyl sites for hydroxylation is 1. The molecule has 0 spiro atoms. The van der Waals surface area contributed by atoms with Crippen LogP contribution in [0.5, 0.6) is 5.75 Å². The second kappa shape index (κ2) is 9.64. The van der Waals surface area contributed by atoms with Crippen LogP contribution in [0.25, 0.3) is 0 Å². The van der Waals surface area contributed by atoms with Gasteiger partial charge in [-0.1, -0.05) is 39.8 Å². The molecule has 0 aliphatic heterocycles. The van der Waals surface area contributed by atoms with Gasteiger partial charge in [0.25, 0.3) is 0 Å². The molecule has 0 aliphatic carbocycles. The van der Waals surface area contributed by atoms with Crippen LogP contribution >= 0.6 is 0 Å². The Labute approximate surface area is 145 Å². The van der Waals surface area contributed by atoms with Gasteiger partial charge in [0.15, 0.2) is 0 Å². The fourth-order valence-electron chi connectivity index (χ4n) is 2.68. The minimum atomic E-state index is -0.615. The first kappa shape index (κ1) is 20.5. The van der Waals surface area contributed by atoms with E-state index in [1.165, 1.54) is 7.11 Å². The van der Waals surface area contributed by atoms with Crippen LogP contribution in [0, 0.1) is 6.92 Å². The van der Waals surface area contributed by atoms with Crippen molar-refractivity contribution in [2.24, 2.45) is 0 Å². The lowest BCUT2D eigenvalue weighted by molar-refractivity contribution is 0.0570. The van der Waals surface area contributed by atoms with Crippen LogP contribution < -0.4 is 4.74 Å². The topological polar surface area (TPSA) is 59.0 Å². The van der Waals surface area contributed by atoms with Crippen molar-refractivity contribution in [2.45, 2.75) is 46.6 Å². The van der Waals surface area contributed by atoms with E-state index in [4.69, 9.17) is 9.47 Å². The van der Waals surface area contributed by atoms with Crippen molar-refractivity contribution in [3.8, 4) is 5.75 Å². The highest BCUT2D eigenvalue weighted by Gasteiger charge is 2.22. The summed E-state index contributed by atoms with van der Waals surface area (Å²) in [5.74, 6) is 0.308. The van der Waals surface area contributed by atoms with Crippen LogP contribution in [0.2, 0.25) is 0 Å². The summed E-state index contributed by atoms with van der Waals surface area (Å²) in [4.78, 5) is 14.3. The Morgan fingerprint density at radius 1 is 1.25 bits per heavy atom. The van der Waals surface area contributed by atoms with Gasteiger partial charge in [-0.3, -0.25) is 0 Å². The molecule has 0 radical (unpaired) electrons.